The summed E-state index contributed by atoms with van der Waals surface area (Å²) in [6, 6.07) is 9.53. The van der Waals surface area contributed by atoms with Crippen LogP contribution in [0.5, 0.6) is 0 Å². The molecule has 0 radical (unpaired) electrons. The van der Waals surface area contributed by atoms with Gasteiger partial charge in [-0.05, 0) is 36.1 Å². The average molecular weight is 339 g/mol. The van der Waals surface area contributed by atoms with Crippen LogP contribution in [0.3, 0.4) is 0 Å². The van der Waals surface area contributed by atoms with Gasteiger partial charge in [-0.3, -0.25) is 4.55 Å². The molecule has 0 aliphatic heterocycles. The van der Waals surface area contributed by atoms with Crippen molar-refractivity contribution in [3.8, 4) is 0 Å². The van der Waals surface area contributed by atoms with Gasteiger partial charge in [0.25, 0.3) is 0 Å². The van der Waals surface area contributed by atoms with Gasteiger partial charge < -0.3 is 11.1 Å². The maximum Gasteiger partial charge on any atom is 0.474 e. The SMILES string of the molecule is Cc1cc(NCCc2ccccc2C)[n+](OS(=O)(=O)O)c(N)n1. The normalized spacial score (nSPS) is 11.3. The van der Waals surface area contributed by atoms with Gasteiger partial charge in [0.15, 0.2) is 0 Å². The number of nitrogens with two attached hydrogens (primary N) is 1. The molecule has 9 heteroatoms. The third kappa shape index (κ3) is 4.80. The van der Waals surface area contributed by atoms with Crippen molar-refractivity contribution >= 4 is 22.2 Å². The van der Waals surface area contributed by atoms with Crippen molar-refractivity contribution in [2.24, 2.45) is 0 Å². The molecule has 1 heterocycles. The average Bonchev–Trinajstić information content (AvgIpc) is 2.43. The predicted molar refractivity (Wildman–Crippen MR) is 85.1 cm³/mol. The van der Waals surface area contributed by atoms with Crippen LogP contribution >= 0.6 is 0 Å². The first-order valence-corrected chi connectivity index (χ1v) is 8.28. The summed E-state index contributed by atoms with van der Waals surface area (Å²) < 4.78 is 35.9. The molecule has 23 heavy (non-hydrogen) atoms. The lowest BCUT2D eigenvalue weighted by atomic mass is 10.1. The number of nitrogens with zero attached hydrogens (tertiary/aromatic N) is 2. The molecular weight excluding hydrogens is 320 g/mol. The first kappa shape index (κ1) is 17.0. The molecule has 2 rings (SSSR count). The smallest absolute Gasteiger partial charge is 0.318 e. The summed E-state index contributed by atoms with van der Waals surface area (Å²) in [4.78, 5) is 3.90. The number of aromatic nitrogens is 2. The lowest BCUT2D eigenvalue weighted by Gasteiger charge is -2.10. The molecule has 4 N–H and O–H groups in total. The van der Waals surface area contributed by atoms with Crippen LogP contribution in [0.15, 0.2) is 30.3 Å². The molecule has 0 atom stereocenters. The molecule has 0 fully saturated rings. The summed E-state index contributed by atoms with van der Waals surface area (Å²) in [6.07, 6.45) is 0.722. The van der Waals surface area contributed by atoms with E-state index in [1.807, 2.05) is 31.2 Å². The number of hydrogen-bond acceptors (Lipinski definition) is 6. The molecule has 0 aliphatic carbocycles. The third-order valence-corrected chi connectivity index (χ3v) is 3.53. The Labute approximate surface area is 134 Å². The lowest BCUT2D eigenvalue weighted by Crippen LogP contribution is -2.50. The second kappa shape index (κ2) is 6.80. The molecule has 2 aromatic rings. The van der Waals surface area contributed by atoms with Crippen molar-refractivity contribution in [3.05, 3.63) is 47.2 Å². The highest BCUT2D eigenvalue weighted by Crippen LogP contribution is 2.09. The fourth-order valence-electron chi connectivity index (χ4n) is 2.15. The summed E-state index contributed by atoms with van der Waals surface area (Å²) in [7, 11) is -4.72. The van der Waals surface area contributed by atoms with E-state index < -0.39 is 10.4 Å². The number of nitrogens with one attached hydrogen (secondary N) is 1. The maximum absolute atomic E-state index is 10.9. The van der Waals surface area contributed by atoms with Crippen molar-refractivity contribution in [3.63, 3.8) is 0 Å². The van der Waals surface area contributed by atoms with Crippen LogP contribution in [0.25, 0.3) is 0 Å². The molecule has 0 aliphatic rings. The third-order valence-electron chi connectivity index (χ3n) is 3.19. The number of anilines is 2. The summed E-state index contributed by atoms with van der Waals surface area (Å²) in [5.74, 6) is 0.0854. The van der Waals surface area contributed by atoms with E-state index >= 15 is 0 Å². The molecule has 124 valence electrons. The number of hydrogen-bond donors (Lipinski definition) is 3. The van der Waals surface area contributed by atoms with E-state index in [-0.39, 0.29) is 11.8 Å². The molecule has 0 spiro atoms. The summed E-state index contributed by atoms with van der Waals surface area (Å²) >= 11 is 0. The van der Waals surface area contributed by atoms with E-state index in [0.29, 0.717) is 12.2 Å². The predicted octanol–water partition coefficient (Wildman–Crippen LogP) is 0.454. The molecule has 0 saturated heterocycles. The Morgan fingerprint density at radius 2 is 2.04 bits per heavy atom. The van der Waals surface area contributed by atoms with E-state index in [1.165, 1.54) is 11.1 Å². The van der Waals surface area contributed by atoms with Crippen LogP contribution in [-0.2, 0) is 16.8 Å². The van der Waals surface area contributed by atoms with Crippen LogP contribution in [0.1, 0.15) is 16.8 Å². The van der Waals surface area contributed by atoms with Crippen LogP contribution < -0.4 is 20.1 Å². The molecular formula is C14H19N4O4S+. The quantitative estimate of drug-likeness (QED) is 0.516. The van der Waals surface area contributed by atoms with Gasteiger partial charge >= 0.3 is 16.3 Å². The van der Waals surface area contributed by atoms with Gasteiger partial charge in [-0.1, -0.05) is 24.3 Å². The van der Waals surface area contributed by atoms with E-state index in [0.717, 1.165) is 11.2 Å². The lowest BCUT2D eigenvalue weighted by molar-refractivity contribution is -0.835. The molecule has 0 saturated carbocycles. The van der Waals surface area contributed by atoms with Gasteiger partial charge in [0, 0.05) is 6.07 Å². The van der Waals surface area contributed by atoms with E-state index in [2.05, 4.69) is 14.6 Å². The number of aryl methyl sites for hydroxylation is 2. The zero-order chi connectivity index (χ0) is 17.0. The summed E-state index contributed by atoms with van der Waals surface area (Å²) in [5, 5.41) is 3.04. The van der Waals surface area contributed by atoms with Gasteiger partial charge in [0.2, 0.25) is 5.82 Å². The number of benzene rings is 1. The Bertz CT molecular complexity index is 808. The van der Waals surface area contributed by atoms with Crippen molar-refractivity contribution < 1.29 is 22.0 Å². The fraction of sp³-hybridized carbons (Fsp3) is 0.286. The van der Waals surface area contributed by atoms with Gasteiger partial charge in [0.1, 0.15) is 5.69 Å². The number of rotatable bonds is 6. The summed E-state index contributed by atoms with van der Waals surface area (Å²) in [5.41, 5.74) is 8.56. The molecule has 8 nitrogen and oxygen atoms in total. The molecule has 1 aromatic heterocycles. The van der Waals surface area contributed by atoms with Crippen molar-refractivity contribution in [2.75, 3.05) is 17.6 Å². The Balaban J connectivity index is 2.17. The van der Waals surface area contributed by atoms with Crippen molar-refractivity contribution in [1.29, 1.82) is 0 Å². The highest BCUT2D eigenvalue weighted by atomic mass is 32.3. The molecule has 0 bridgehead atoms. The van der Waals surface area contributed by atoms with E-state index in [1.54, 1.807) is 13.0 Å². The minimum absolute atomic E-state index is 0.194. The van der Waals surface area contributed by atoms with E-state index in [9.17, 15) is 8.42 Å². The van der Waals surface area contributed by atoms with Crippen molar-refractivity contribution in [2.45, 2.75) is 20.3 Å². The Morgan fingerprint density at radius 3 is 2.70 bits per heavy atom. The van der Waals surface area contributed by atoms with Crippen LogP contribution in [0.4, 0.5) is 11.8 Å². The van der Waals surface area contributed by atoms with E-state index in [4.69, 9.17) is 10.3 Å². The number of nitrogen functional groups attached to an aromatic ring is 1. The Morgan fingerprint density at radius 1 is 1.35 bits per heavy atom. The van der Waals surface area contributed by atoms with Crippen LogP contribution in [0, 0.1) is 13.8 Å². The van der Waals surface area contributed by atoms with Gasteiger partial charge in [-0.2, -0.15) is 8.42 Å². The van der Waals surface area contributed by atoms with Gasteiger partial charge in [-0.25, -0.2) is 4.28 Å². The molecule has 0 unspecified atom stereocenters. The minimum atomic E-state index is -4.72. The van der Waals surface area contributed by atoms with Gasteiger partial charge in [0.05, 0.1) is 6.54 Å². The monoisotopic (exact) mass is 339 g/mol. The largest absolute Gasteiger partial charge is 0.474 e. The first-order valence-electron chi connectivity index (χ1n) is 6.91. The standard InChI is InChI=1S/C14H18N4O4S/c1-10-5-3-4-6-12(10)7-8-16-13-9-11(2)17-14(15)18(13)22-23(19,20)21/h3-6,9H,7-8H2,1-2H3,(H3,15,16,17,19,20,21)/p+1. The zero-order valence-corrected chi connectivity index (χ0v) is 13.7. The highest BCUT2D eigenvalue weighted by Gasteiger charge is 2.20. The summed E-state index contributed by atoms with van der Waals surface area (Å²) in [6.45, 7) is 4.24. The topological polar surface area (TPSA) is 118 Å². The Hall–Kier alpha value is -2.39. The molecule has 1 aromatic carbocycles. The fourth-order valence-corrected chi connectivity index (χ4v) is 2.49. The van der Waals surface area contributed by atoms with Crippen molar-refractivity contribution in [1.82, 2.24) is 4.98 Å². The van der Waals surface area contributed by atoms with Crippen LogP contribution in [0.2, 0.25) is 0 Å². The zero-order valence-electron chi connectivity index (χ0n) is 12.9. The first-order chi connectivity index (χ1) is 10.8. The maximum atomic E-state index is 10.9. The Kier molecular flexibility index (Phi) is 5.02. The highest BCUT2D eigenvalue weighted by molar-refractivity contribution is 7.80. The minimum Gasteiger partial charge on any atom is -0.318 e. The van der Waals surface area contributed by atoms with Gasteiger partial charge in [-0.15, -0.1) is 4.98 Å². The second-order valence-electron chi connectivity index (χ2n) is 5.04. The molecule has 0 amide bonds. The van der Waals surface area contributed by atoms with Crippen LogP contribution in [-0.4, -0.2) is 24.5 Å². The second-order valence-corrected chi connectivity index (χ2v) is 6.05.